The first-order valence-electron chi connectivity index (χ1n) is 6.36. The van der Waals surface area contributed by atoms with Crippen LogP contribution in [-0.4, -0.2) is 4.98 Å². The van der Waals surface area contributed by atoms with Crippen molar-refractivity contribution in [2.24, 2.45) is 0 Å². The van der Waals surface area contributed by atoms with Crippen LogP contribution >= 0.6 is 15.9 Å². The van der Waals surface area contributed by atoms with Crippen LogP contribution in [0.1, 0.15) is 0 Å². The van der Waals surface area contributed by atoms with Crippen molar-refractivity contribution in [2.45, 2.75) is 0 Å². The summed E-state index contributed by atoms with van der Waals surface area (Å²) < 4.78 is 7.00. The highest BCUT2D eigenvalue weighted by molar-refractivity contribution is 9.10. The van der Waals surface area contributed by atoms with E-state index in [1.165, 1.54) is 0 Å². The van der Waals surface area contributed by atoms with Gasteiger partial charge in [0.25, 0.3) is 0 Å². The predicted molar refractivity (Wildman–Crippen MR) is 84.7 cm³/mol. The molecule has 0 unspecified atom stereocenters. The normalized spacial score (nSPS) is 11.2. The highest BCUT2D eigenvalue weighted by Crippen LogP contribution is 2.36. The first-order chi connectivity index (χ1) is 9.84. The van der Waals surface area contributed by atoms with E-state index in [4.69, 9.17) is 4.42 Å². The number of furan rings is 1. The molecule has 2 aromatic heterocycles. The number of para-hydroxylation sites is 2. The lowest BCUT2D eigenvalue weighted by molar-refractivity contribution is 0.670. The van der Waals surface area contributed by atoms with Gasteiger partial charge >= 0.3 is 0 Å². The number of nitrogens with zero attached hydrogens (tertiary/aromatic N) is 1. The van der Waals surface area contributed by atoms with Gasteiger partial charge in [-0.1, -0.05) is 30.3 Å². The van der Waals surface area contributed by atoms with Gasteiger partial charge in [-0.15, -0.1) is 0 Å². The summed E-state index contributed by atoms with van der Waals surface area (Å²) in [5.74, 6) is 0. The second-order valence-corrected chi connectivity index (χ2v) is 5.47. The van der Waals surface area contributed by atoms with Crippen molar-refractivity contribution >= 4 is 37.9 Å². The van der Waals surface area contributed by atoms with Crippen LogP contribution in [0, 0.1) is 0 Å². The molecule has 0 N–H and O–H groups in total. The molecule has 96 valence electrons. The van der Waals surface area contributed by atoms with E-state index in [1.54, 1.807) is 6.20 Å². The van der Waals surface area contributed by atoms with E-state index >= 15 is 0 Å². The lowest BCUT2D eigenvalue weighted by Crippen LogP contribution is -1.84. The molecule has 0 saturated carbocycles. The van der Waals surface area contributed by atoms with Crippen LogP contribution in [0.4, 0.5) is 0 Å². The third-order valence-corrected chi connectivity index (χ3v) is 4.06. The number of pyridine rings is 1. The smallest absolute Gasteiger partial charge is 0.144 e. The minimum Gasteiger partial charge on any atom is -0.455 e. The second-order valence-electron chi connectivity index (χ2n) is 4.61. The first kappa shape index (κ1) is 11.7. The molecule has 0 amide bonds. The Kier molecular flexibility index (Phi) is 2.60. The zero-order chi connectivity index (χ0) is 13.5. The van der Waals surface area contributed by atoms with E-state index in [0.717, 1.165) is 37.7 Å². The topological polar surface area (TPSA) is 26.0 Å². The maximum atomic E-state index is 6.03. The standard InChI is InChI=1S/C17H10BrNO/c18-14-8-4-10-19-16(14)13-7-3-6-12-11-5-1-2-9-15(11)20-17(12)13/h1-10H. The van der Waals surface area contributed by atoms with Gasteiger partial charge in [-0.25, -0.2) is 0 Å². The quantitative estimate of drug-likeness (QED) is 0.468. The maximum absolute atomic E-state index is 6.03. The molecule has 0 atom stereocenters. The van der Waals surface area contributed by atoms with Crippen molar-refractivity contribution in [2.75, 3.05) is 0 Å². The van der Waals surface area contributed by atoms with Gasteiger partial charge in [0, 0.05) is 27.0 Å². The number of fused-ring (bicyclic) bond motifs is 3. The summed E-state index contributed by atoms with van der Waals surface area (Å²) >= 11 is 3.56. The van der Waals surface area contributed by atoms with Crippen LogP contribution in [0.2, 0.25) is 0 Å². The Labute approximate surface area is 124 Å². The molecule has 0 saturated heterocycles. The van der Waals surface area contributed by atoms with E-state index in [-0.39, 0.29) is 0 Å². The fraction of sp³-hybridized carbons (Fsp3) is 0. The molecule has 0 spiro atoms. The molecular weight excluding hydrogens is 314 g/mol. The summed E-state index contributed by atoms with van der Waals surface area (Å²) in [7, 11) is 0. The van der Waals surface area contributed by atoms with E-state index in [0.29, 0.717) is 0 Å². The Morgan fingerprint density at radius 1 is 0.850 bits per heavy atom. The van der Waals surface area contributed by atoms with Gasteiger partial charge in [0.2, 0.25) is 0 Å². The zero-order valence-corrected chi connectivity index (χ0v) is 12.1. The SMILES string of the molecule is Brc1cccnc1-c1cccc2c1oc1ccccc12. The molecule has 0 radical (unpaired) electrons. The second kappa shape index (κ2) is 4.46. The molecule has 0 aliphatic carbocycles. The molecule has 2 nitrogen and oxygen atoms in total. The van der Waals surface area contributed by atoms with Crippen molar-refractivity contribution < 1.29 is 4.42 Å². The van der Waals surface area contributed by atoms with Gasteiger partial charge in [0.15, 0.2) is 0 Å². The van der Waals surface area contributed by atoms with Crippen LogP contribution in [-0.2, 0) is 0 Å². The molecule has 20 heavy (non-hydrogen) atoms. The zero-order valence-electron chi connectivity index (χ0n) is 10.5. The third kappa shape index (κ3) is 1.67. The van der Waals surface area contributed by atoms with Crippen LogP contribution in [0.5, 0.6) is 0 Å². The average molecular weight is 324 g/mol. The summed E-state index contributed by atoms with van der Waals surface area (Å²) in [6.45, 7) is 0. The molecule has 0 aliphatic heterocycles. The van der Waals surface area contributed by atoms with Gasteiger partial charge in [-0.2, -0.15) is 0 Å². The summed E-state index contributed by atoms with van der Waals surface area (Å²) in [6, 6.07) is 18.2. The largest absolute Gasteiger partial charge is 0.455 e. The fourth-order valence-corrected chi connectivity index (χ4v) is 2.99. The number of hydrogen-bond donors (Lipinski definition) is 0. The van der Waals surface area contributed by atoms with Gasteiger partial charge < -0.3 is 4.42 Å². The molecule has 4 aromatic rings. The molecule has 2 aromatic carbocycles. The van der Waals surface area contributed by atoms with Crippen molar-refractivity contribution in [3.05, 3.63) is 65.3 Å². The Morgan fingerprint density at radius 3 is 2.60 bits per heavy atom. The molecule has 3 heteroatoms. The summed E-state index contributed by atoms with van der Waals surface area (Å²) in [4.78, 5) is 4.46. The molecule has 2 heterocycles. The number of halogens is 1. The molecule has 4 rings (SSSR count). The van der Waals surface area contributed by atoms with Gasteiger partial charge in [0.1, 0.15) is 11.2 Å². The Balaban J connectivity index is 2.13. The van der Waals surface area contributed by atoms with E-state index < -0.39 is 0 Å². The fourth-order valence-electron chi connectivity index (χ4n) is 2.52. The summed E-state index contributed by atoms with van der Waals surface area (Å²) in [5, 5.41) is 2.26. The highest BCUT2D eigenvalue weighted by Gasteiger charge is 2.13. The monoisotopic (exact) mass is 323 g/mol. The van der Waals surface area contributed by atoms with E-state index in [1.807, 2.05) is 42.5 Å². The Morgan fingerprint density at radius 2 is 1.70 bits per heavy atom. The van der Waals surface area contributed by atoms with Crippen molar-refractivity contribution in [1.82, 2.24) is 4.98 Å². The van der Waals surface area contributed by atoms with Crippen molar-refractivity contribution in [1.29, 1.82) is 0 Å². The number of aromatic nitrogens is 1. The van der Waals surface area contributed by atoms with Crippen LogP contribution in [0.25, 0.3) is 33.2 Å². The first-order valence-corrected chi connectivity index (χ1v) is 7.15. The molecular formula is C17H10BrNO. The number of rotatable bonds is 1. The molecule has 0 bridgehead atoms. The summed E-state index contributed by atoms with van der Waals surface area (Å²) in [6.07, 6.45) is 1.79. The van der Waals surface area contributed by atoms with Crippen LogP contribution < -0.4 is 0 Å². The average Bonchev–Trinajstić information content (AvgIpc) is 2.86. The Bertz CT molecular complexity index is 926. The van der Waals surface area contributed by atoms with Crippen molar-refractivity contribution in [3.8, 4) is 11.3 Å². The van der Waals surface area contributed by atoms with Crippen molar-refractivity contribution in [3.63, 3.8) is 0 Å². The minimum atomic E-state index is 0.883. The van der Waals surface area contributed by atoms with Crippen LogP contribution in [0.3, 0.4) is 0 Å². The molecule has 0 fully saturated rings. The third-order valence-electron chi connectivity index (χ3n) is 3.42. The summed E-state index contributed by atoms with van der Waals surface area (Å²) in [5.41, 5.74) is 3.69. The highest BCUT2D eigenvalue weighted by atomic mass is 79.9. The lowest BCUT2D eigenvalue weighted by Gasteiger charge is -2.03. The van der Waals surface area contributed by atoms with Gasteiger partial charge in [-0.05, 0) is 40.2 Å². The number of benzene rings is 2. The predicted octanol–water partition coefficient (Wildman–Crippen LogP) is 5.41. The lowest BCUT2D eigenvalue weighted by atomic mass is 10.1. The van der Waals surface area contributed by atoms with Crippen LogP contribution in [0.15, 0.2) is 69.7 Å². The van der Waals surface area contributed by atoms with E-state index in [2.05, 4.69) is 33.0 Å². The molecule has 0 aliphatic rings. The van der Waals surface area contributed by atoms with Gasteiger partial charge in [-0.3, -0.25) is 4.98 Å². The minimum absolute atomic E-state index is 0.883. The van der Waals surface area contributed by atoms with Gasteiger partial charge in [0.05, 0.1) is 5.69 Å². The Hall–Kier alpha value is -2.13. The maximum Gasteiger partial charge on any atom is 0.144 e. The van der Waals surface area contributed by atoms with E-state index in [9.17, 15) is 0 Å². The number of hydrogen-bond acceptors (Lipinski definition) is 2.